The van der Waals surface area contributed by atoms with Gasteiger partial charge >= 0.3 is 0 Å². The Morgan fingerprint density at radius 2 is 1.04 bits per heavy atom. The molecule has 0 fully saturated rings. The second kappa shape index (κ2) is 14.0. The minimum atomic E-state index is -0.223. The Balaban J connectivity index is 1.12. The molecule has 250 valence electrons. The number of hydrogen-bond donors (Lipinski definition) is 3. The van der Waals surface area contributed by atoms with Crippen molar-refractivity contribution in [1.82, 2.24) is 16.0 Å². The summed E-state index contributed by atoms with van der Waals surface area (Å²) in [6.45, 7) is 0. The van der Waals surface area contributed by atoms with Crippen LogP contribution in [0.25, 0.3) is 27.6 Å². The first kappa shape index (κ1) is 31.4. The van der Waals surface area contributed by atoms with Crippen molar-refractivity contribution < 1.29 is 0 Å². The van der Waals surface area contributed by atoms with E-state index in [0.29, 0.717) is 0 Å². The van der Waals surface area contributed by atoms with Crippen LogP contribution in [-0.2, 0) is 0 Å². The van der Waals surface area contributed by atoms with Crippen LogP contribution in [0, 0.1) is 0 Å². The smallest absolute Gasteiger partial charge is 0.133 e. The molecule has 0 spiro atoms. The molecule has 3 unspecified atom stereocenters. The van der Waals surface area contributed by atoms with Crippen molar-refractivity contribution in [2.75, 3.05) is 0 Å². The van der Waals surface area contributed by atoms with Gasteiger partial charge in [0.2, 0.25) is 0 Å². The number of aliphatic imine (C=N–C) groups is 2. The van der Waals surface area contributed by atoms with Gasteiger partial charge in [0.05, 0.1) is 6.04 Å². The molecular formula is C47H37N5. The number of benzene rings is 7. The first-order chi connectivity index (χ1) is 25.8. The highest BCUT2D eigenvalue weighted by Gasteiger charge is 2.29. The fourth-order valence-electron chi connectivity index (χ4n) is 7.21. The van der Waals surface area contributed by atoms with Crippen molar-refractivity contribution >= 4 is 28.1 Å². The van der Waals surface area contributed by atoms with Crippen molar-refractivity contribution in [2.45, 2.75) is 18.4 Å². The van der Waals surface area contributed by atoms with E-state index in [-0.39, 0.29) is 18.4 Å². The van der Waals surface area contributed by atoms with E-state index < -0.39 is 0 Å². The average Bonchev–Trinajstić information content (AvgIpc) is 3.24. The predicted molar refractivity (Wildman–Crippen MR) is 214 cm³/mol. The van der Waals surface area contributed by atoms with Gasteiger partial charge in [-0.1, -0.05) is 182 Å². The maximum atomic E-state index is 5.20. The third-order valence-electron chi connectivity index (χ3n) is 9.83. The van der Waals surface area contributed by atoms with Crippen molar-refractivity contribution in [3.05, 3.63) is 221 Å². The van der Waals surface area contributed by atoms with Crippen molar-refractivity contribution in [2.24, 2.45) is 9.98 Å². The van der Waals surface area contributed by atoms with E-state index in [9.17, 15) is 0 Å². The van der Waals surface area contributed by atoms with E-state index in [2.05, 4.69) is 180 Å². The summed E-state index contributed by atoms with van der Waals surface area (Å²) in [5.74, 6) is 1.73. The van der Waals surface area contributed by atoms with Gasteiger partial charge in [-0.3, -0.25) is 10.3 Å². The number of nitrogens with zero attached hydrogens (tertiary/aromatic N) is 2. The molecule has 0 saturated heterocycles. The Morgan fingerprint density at radius 3 is 1.73 bits per heavy atom. The molecule has 7 aromatic carbocycles. The molecule has 3 atom stereocenters. The quantitative estimate of drug-likeness (QED) is 0.158. The lowest BCUT2D eigenvalue weighted by atomic mass is 9.90. The zero-order valence-corrected chi connectivity index (χ0v) is 28.5. The van der Waals surface area contributed by atoms with Crippen LogP contribution in [0.2, 0.25) is 0 Å². The Hall–Kier alpha value is -6.56. The maximum Gasteiger partial charge on any atom is 0.133 e. The standard InChI is InChI=1S/C47H37N5/c1-5-16-34(17-6-1)41-31-42(49-44(48-41)36-18-7-2-8-19-36)35-27-25-33(26-28-35)40-30-29-32-15-13-14-24-39(32)43(40)47-51-45(37-20-9-3-10-21-37)50-46(52-47)38-22-11-4-12-23-38/h1-31,42,45,47,51H,(H,48,49)(H,50,52). The number of nitrogens with one attached hydrogen (secondary N) is 3. The highest BCUT2D eigenvalue weighted by atomic mass is 15.3. The Bertz CT molecular complexity index is 2360. The van der Waals surface area contributed by atoms with Crippen LogP contribution < -0.4 is 16.0 Å². The van der Waals surface area contributed by atoms with Gasteiger partial charge in [-0.15, -0.1) is 0 Å². The lowest BCUT2D eigenvalue weighted by Gasteiger charge is -2.34. The van der Waals surface area contributed by atoms with Crippen LogP contribution in [-0.4, -0.2) is 11.7 Å². The monoisotopic (exact) mass is 671 g/mol. The average molecular weight is 672 g/mol. The molecule has 52 heavy (non-hydrogen) atoms. The first-order valence-electron chi connectivity index (χ1n) is 17.8. The Morgan fingerprint density at radius 1 is 0.442 bits per heavy atom. The molecule has 0 bridgehead atoms. The first-order valence-corrected chi connectivity index (χ1v) is 17.8. The van der Waals surface area contributed by atoms with Crippen LogP contribution in [0.4, 0.5) is 0 Å². The molecule has 0 saturated carbocycles. The Labute approximate surface area is 304 Å². The highest BCUT2D eigenvalue weighted by Crippen LogP contribution is 2.38. The molecule has 2 aliphatic rings. The van der Waals surface area contributed by atoms with Gasteiger partial charge in [-0.25, -0.2) is 4.99 Å². The van der Waals surface area contributed by atoms with Crippen molar-refractivity contribution in [3.8, 4) is 11.1 Å². The second-order valence-electron chi connectivity index (χ2n) is 13.1. The fourth-order valence-corrected chi connectivity index (χ4v) is 7.21. The van der Waals surface area contributed by atoms with Gasteiger partial charge < -0.3 is 10.6 Å². The molecule has 2 aliphatic heterocycles. The second-order valence-corrected chi connectivity index (χ2v) is 13.1. The van der Waals surface area contributed by atoms with E-state index in [1.807, 2.05) is 24.3 Å². The molecule has 9 rings (SSSR count). The lowest BCUT2D eigenvalue weighted by Crippen LogP contribution is -2.45. The van der Waals surface area contributed by atoms with Crippen LogP contribution >= 0.6 is 0 Å². The summed E-state index contributed by atoms with van der Waals surface area (Å²) in [5, 5.41) is 13.6. The van der Waals surface area contributed by atoms with E-state index in [4.69, 9.17) is 9.98 Å². The van der Waals surface area contributed by atoms with Crippen LogP contribution in [0.5, 0.6) is 0 Å². The predicted octanol–water partition coefficient (Wildman–Crippen LogP) is 9.98. The molecule has 0 aromatic heterocycles. The minimum absolute atomic E-state index is 0.144. The normalized spacial score (nSPS) is 18.4. The number of hydrogen-bond acceptors (Lipinski definition) is 5. The van der Waals surface area contributed by atoms with Crippen LogP contribution in [0.3, 0.4) is 0 Å². The molecule has 7 aromatic rings. The van der Waals surface area contributed by atoms with Gasteiger partial charge in [0.1, 0.15) is 24.0 Å². The molecule has 0 amide bonds. The molecular weight excluding hydrogens is 635 g/mol. The molecule has 5 heteroatoms. The highest BCUT2D eigenvalue weighted by molar-refractivity contribution is 6.05. The topological polar surface area (TPSA) is 60.8 Å². The van der Waals surface area contributed by atoms with Crippen LogP contribution in [0.15, 0.2) is 198 Å². The van der Waals surface area contributed by atoms with Gasteiger partial charge in [0.25, 0.3) is 0 Å². The molecule has 3 N–H and O–H groups in total. The summed E-state index contributed by atoms with van der Waals surface area (Å²) in [7, 11) is 0. The van der Waals surface area contributed by atoms with Crippen molar-refractivity contribution in [3.63, 3.8) is 0 Å². The van der Waals surface area contributed by atoms with Gasteiger partial charge in [0.15, 0.2) is 0 Å². The molecule has 0 radical (unpaired) electrons. The van der Waals surface area contributed by atoms with Gasteiger partial charge in [-0.05, 0) is 44.7 Å². The minimum Gasteiger partial charge on any atom is -0.350 e. The van der Waals surface area contributed by atoms with E-state index in [1.165, 1.54) is 16.3 Å². The Kier molecular flexibility index (Phi) is 8.45. The fraction of sp³-hybridized carbons (Fsp3) is 0.0638. The summed E-state index contributed by atoms with van der Waals surface area (Å²) in [5.41, 5.74) is 10.0. The van der Waals surface area contributed by atoms with Crippen molar-refractivity contribution in [1.29, 1.82) is 0 Å². The van der Waals surface area contributed by atoms with E-state index in [1.54, 1.807) is 0 Å². The lowest BCUT2D eigenvalue weighted by molar-refractivity contribution is 0.411. The molecule has 0 aliphatic carbocycles. The summed E-state index contributed by atoms with van der Waals surface area (Å²) < 4.78 is 0. The zero-order valence-electron chi connectivity index (χ0n) is 28.5. The van der Waals surface area contributed by atoms with Gasteiger partial charge in [0, 0.05) is 22.4 Å². The third-order valence-corrected chi connectivity index (χ3v) is 9.83. The summed E-state index contributed by atoms with van der Waals surface area (Å²) in [6, 6.07) is 63.6. The third kappa shape index (κ3) is 6.30. The number of amidine groups is 2. The van der Waals surface area contributed by atoms with Gasteiger partial charge in [-0.2, -0.15) is 0 Å². The SMILES string of the molecule is C1=C(c2ccccc2)NC(c2ccccc2)=NC1c1ccc(-c2ccc3ccccc3c2C2NC(c3ccccc3)=NC(c3ccccc3)N2)cc1. The number of rotatable bonds is 7. The van der Waals surface area contributed by atoms with E-state index in [0.717, 1.165) is 56.3 Å². The maximum absolute atomic E-state index is 5.20. The largest absolute Gasteiger partial charge is 0.350 e. The van der Waals surface area contributed by atoms with E-state index >= 15 is 0 Å². The zero-order chi connectivity index (χ0) is 34.7. The summed E-state index contributed by atoms with van der Waals surface area (Å²) in [6.07, 6.45) is 1.79. The van der Waals surface area contributed by atoms with Crippen LogP contribution in [0.1, 0.15) is 51.8 Å². The number of fused-ring (bicyclic) bond motifs is 1. The molecule has 2 heterocycles. The summed E-state index contributed by atoms with van der Waals surface area (Å²) in [4.78, 5) is 10.4. The molecule has 5 nitrogen and oxygen atoms in total. The summed E-state index contributed by atoms with van der Waals surface area (Å²) >= 11 is 0.